The normalized spacial score (nSPS) is 12.2. The number of nitrogens with one attached hydrogen (secondary N) is 5. The van der Waals surface area contributed by atoms with Gasteiger partial charge in [0.05, 0.1) is 26.7 Å². The Balaban J connectivity index is 1.70. The number of benzene rings is 3. The van der Waals surface area contributed by atoms with Crippen LogP contribution < -0.4 is 26.2 Å². The molecule has 0 spiro atoms. The van der Waals surface area contributed by atoms with E-state index >= 15 is 0 Å². The minimum atomic E-state index is -4.02. The molecule has 0 aliphatic carbocycles. The number of halogens is 4. The first-order valence-corrected chi connectivity index (χ1v) is 14.4. The Morgan fingerprint density at radius 2 is 1.44 bits per heavy atom. The van der Waals surface area contributed by atoms with Crippen molar-refractivity contribution in [2.75, 3.05) is 5.32 Å². The Morgan fingerprint density at radius 1 is 0.846 bits per heavy atom. The first-order valence-electron chi connectivity index (χ1n) is 11.0. The molecule has 15 heteroatoms. The predicted molar refractivity (Wildman–Crippen MR) is 158 cm³/mol. The number of anilines is 1. The molecule has 2 amide bonds. The van der Waals surface area contributed by atoms with Crippen LogP contribution in [0.4, 0.5) is 5.69 Å². The number of carbonyl (C=O) groups excluding carboxylic acids is 2. The summed E-state index contributed by atoms with van der Waals surface area (Å²) in [6.45, 7) is 1.82. The van der Waals surface area contributed by atoms with E-state index in [1.807, 2.05) is 6.92 Å². The summed E-state index contributed by atoms with van der Waals surface area (Å²) in [5.41, 5.74) is 3.43. The molecular weight excluding hydrogens is 628 g/mol. The van der Waals surface area contributed by atoms with Crippen LogP contribution >= 0.6 is 58.6 Å². The fourth-order valence-electron chi connectivity index (χ4n) is 3.09. The third kappa shape index (κ3) is 8.67. The molecule has 0 aliphatic rings. The Bertz CT molecular complexity index is 1480. The summed E-state index contributed by atoms with van der Waals surface area (Å²) >= 11 is 29.5. The lowest BCUT2D eigenvalue weighted by Gasteiger charge is -2.28. The van der Waals surface area contributed by atoms with Gasteiger partial charge in [-0.15, -0.1) is 4.83 Å². The predicted octanol–water partition coefficient (Wildman–Crippen LogP) is 4.68. The van der Waals surface area contributed by atoms with E-state index in [2.05, 4.69) is 26.2 Å². The average molecular weight is 649 g/mol. The standard InChI is InChI=1S/C24H21Cl4N5O4S2/c1-14-10-12-15(13-11-14)39(36,37)33-32-21(35)17-7-3-5-9-19(17)29-23(38)31-22(24(26,27)28)30-20(34)16-6-2-4-8-18(16)25/h2-13,22,33H,1H3,(H,30,34)(H,32,35)(H2,29,31,38). The zero-order chi connectivity index (χ0) is 28.8. The molecule has 5 N–H and O–H groups in total. The number of para-hydroxylation sites is 1. The van der Waals surface area contributed by atoms with Crippen molar-refractivity contribution in [2.45, 2.75) is 21.8 Å². The fourth-order valence-corrected chi connectivity index (χ4v) is 4.71. The van der Waals surface area contributed by atoms with E-state index in [0.717, 1.165) is 5.56 Å². The Hall–Kier alpha value is -2.64. The van der Waals surface area contributed by atoms with Gasteiger partial charge in [-0.05, 0) is 55.5 Å². The van der Waals surface area contributed by atoms with Gasteiger partial charge in [0, 0.05) is 0 Å². The molecule has 1 atom stereocenters. The maximum atomic E-state index is 12.8. The second-order valence-corrected chi connectivity index (χ2v) is 12.8. The van der Waals surface area contributed by atoms with Gasteiger partial charge in [0.2, 0.25) is 3.79 Å². The number of hydrogen-bond acceptors (Lipinski definition) is 5. The number of carbonyl (C=O) groups is 2. The van der Waals surface area contributed by atoms with Crippen LogP contribution in [0.25, 0.3) is 0 Å². The van der Waals surface area contributed by atoms with E-state index in [0.29, 0.717) is 0 Å². The first-order chi connectivity index (χ1) is 18.3. The van der Waals surface area contributed by atoms with Gasteiger partial charge >= 0.3 is 0 Å². The maximum absolute atomic E-state index is 12.8. The van der Waals surface area contributed by atoms with Crippen molar-refractivity contribution in [3.63, 3.8) is 0 Å². The number of hydrogen-bond donors (Lipinski definition) is 5. The number of alkyl halides is 3. The van der Waals surface area contributed by atoms with E-state index in [4.69, 9.17) is 58.6 Å². The lowest BCUT2D eigenvalue weighted by atomic mass is 10.1. The molecule has 0 radical (unpaired) electrons. The Morgan fingerprint density at radius 3 is 2.05 bits per heavy atom. The van der Waals surface area contributed by atoms with Crippen molar-refractivity contribution in [3.8, 4) is 0 Å². The van der Waals surface area contributed by atoms with Crippen LogP contribution in [0.1, 0.15) is 26.3 Å². The molecule has 0 heterocycles. The molecular formula is C24H21Cl4N5O4S2. The van der Waals surface area contributed by atoms with Crippen molar-refractivity contribution < 1.29 is 18.0 Å². The van der Waals surface area contributed by atoms with Crippen LogP contribution in [0, 0.1) is 6.92 Å². The molecule has 206 valence electrons. The quantitative estimate of drug-likeness (QED) is 0.104. The average Bonchev–Trinajstić information content (AvgIpc) is 2.87. The van der Waals surface area contributed by atoms with Crippen LogP contribution in [-0.4, -0.2) is 35.3 Å². The number of rotatable bonds is 8. The molecule has 9 nitrogen and oxygen atoms in total. The van der Waals surface area contributed by atoms with E-state index < -0.39 is 31.8 Å². The SMILES string of the molecule is Cc1ccc(S(=O)(=O)NNC(=O)c2ccccc2NC(=S)NC(NC(=O)c2ccccc2Cl)C(Cl)(Cl)Cl)cc1. The zero-order valence-electron chi connectivity index (χ0n) is 20.0. The van der Waals surface area contributed by atoms with Crippen molar-refractivity contribution in [1.82, 2.24) is 20.9 Å². The molecule has 0 fully saturated rings. The van der Waals surface area contributed by atoms with E-state index in [-0.39, 0.29) is 31.8 Å². The van der Waals surface area contributed by atoms with Crippen LogP contribution in [-0.2, 0) is 10.0 Å². The first kappa shape index (κ1) is 30.9. The van der Waals surface area contributed by atoms with Crippen molar-refractivity contribution in [2.24, 2.45) is 0 Å². The molecule has 0 saturated heterocycles. The number of sulfonamides is 1. The third-order valence-corrected chi connectivity index (χ3v) is 7.51. The monoisotopic (exact) mass is 647 g/mol. The largest absolute Gasteiger partial charge is 0.339 e. The Labute approximate surface area is 250 Å². The van der Waals surface area contributed by atoms with Gasteiger partial charge < -0.3 is 16.0 Å². The van der Waals surface area contributed by atoms with Gasteiger partial charge in [0.15, 0.2) is 5.11 Å². The molecule has 0 saturated carbocycles. The molecule has 39 heavy (non-hydrogen) atoms. The van der Waals surface area contributed by atoms with Crippen LogP contribution in [0.3, 0.4) is 0 Å². The van der Waals surface area contributed by atoms with Gasteiger partial charge in [-0.3, -0.25) is 15.0 Å². The highest BCUT2D eigenvalue weighted by Crippen LogP contribution is 2.30. The molecule has 3 aromatic carbocycles. The number of aryl methyl sites for hydroxylation is 1. The van der Waals surface area contributed by atoms with Gasteiger partial charge in [-0.1, -0.05) is 88.4 Å². The summed E-state index contributed by atoms with van der Waals surface area (Å²) in [5.74, 6) is -1.41. The number of hydrazine groups is 1. The highest BCUT2D eigenvalue weighted by molar-refractivity contribution is 7.89. The van der Waals surface area contributed by atoms with Gasteiger partial charge in [-0.25, -0.2) is 8.42 Å². The smallest absolute Gasteiger partial charge is 0.268 e. The summed E-state index contributed by atoms with van der Waals surface area (Å²) in [5, 5.41) is 8.05. The van der Waals surface area contributed by atoms with E-state index in [1.165, 1.54) is 36.4 Å². The molecule has 3 aromatic rings. The molecule has 0 aliphatic heterocycles. The van der Waals surface area contributed by atoms with Crippen LogP contribution in [0.15, 0.2) is 77.7 Å². The van der Waals surface area contributed by atoms with Crippen LogP contribution in [0.2, 0.25) is 5.02 Å². The van der Waals surface area contributed by atoms with Crippen molar-refractivity contribution in [1.29, 1.82) is 0 Å². The fraction of sp³-hybridized carbons (Fsp3) is 0.125. The summed E-state index contributed by atoms with van der Waals surface area (Å²) in [4.78, 5) is 27.5. The molecule has 3 rings (SSSR count). The second-order valence-electron chi connectivity index (χ2n) is 7.94. The summed E-state index contributed by atoms with van der Waals surface area (Å²) < 4.78 is 23.0. The minimum Gasteiger partial charge on any atom is -0.339 e. The topological polar surface area (TPSA) is 128 Å². The van der Waals surface area contributed by atoms with Crippen molar-refractivity contribution >= 4 is 91.3 Å². The van der Waals surface area contributed by atoms with Crippen LogP contribution in [0.5, 0.6) is 0 Å². The zero-order valence-corrected chi connectivity index (χ0v) is 24.6. The Kier molecular flexibility index (Phi) is 10.4. The van der Waals surface area contributed by atoms with E-state index in [1.54, 1.807) is 36.4 Å². The second kappa shape index (κ2) is 13.1. The maximum Gasteiger partial charge on any atom is 0.268 e. The van der Waals surface area contributed by atoms with Gasteiger partial charge in [-0.2, -0.15) is 0 Å². The summed E-state index contributed by atoms with van der Waals surface area (Å²) in [6, 6.07) is 18.5. The third-order valence-electron chi connectivity index (χ3n) is 5.05. The molecule has 0 bridgehead atoms. The number of amides is 2. The van der Waals surface area contributed by atoms with Gasteiger partial charge in [0.1, 0.15) is 6.17 Å². The summed E-state index contributed by atoms with van der Waals surface area (Å²) in [7, 11) is -4.02. The van der Waals surface area contributed by atoms with E-state index in [9.17, 15) is 18.0 Å². The number of thiocarbonyl (C=S) groups is 1. The lowest BCUT2D eigenvalue weighted by molar-refractivity contribution is 0.0931. The van der Waals surface area contributed by atoms with Crippen molar-refractivity contribution in [3.05, 3.63) is 94.5 Å². The van der Waals surface area contributed by atoms with Gasteiger partial charge in [0.25, 0.3) is 21.8 Å². The molecule has 1 unspecified atom stereocenters. The summed E-state index contributed by atoms with van der Waals surface area (Å²) in [6.07, 6.45) is -1.31. The lowest BCUT2D eigenvalue weighted by Crippen LogP contribution is -2.56. The highest BCUT2D eigenvalue weighted by atomic mass is 35.6. The highest BCUT2D eigenvalue weighted by Gasteiger charge is 2.35. The minimum absolute atomic E-state index is 0.0261. The molecule has 0 aromatic heterocycles.